The van der Waals surface area contributed by atoms with Gasteiger partial charge in [-0.3, -0.25) is 4.79 Å². The summed E-state index contributed by atoms with van der Waals surface area (Å²) in [5, 5.41) is 0. The van der Waals surface area contributed by atoms with Crippen molar-refractivity contribution in [3.05, 3.63) is 23.5 Å². The van der Waals surface area contributed by atoms with Gasteiger partial charge in [0.15, 0.2) is 0 Å². The van der Waals surface area contributed by atoms with Crippen molar-refractivity contribution in [1.29, 1.82) is 0 Å². The van der Waals surface area contributed by atoms with Crippen molar-refractivity contribution < 1.29 is 14.3 Å². The molecule has 2 N–H and O–H groups in total. The number of carbonyl (C=O) groups excluding carboxylic acids is 2. The molecule has 3 atom stereocenters. The molecule has 23 heavy (non-hydrogen) atoms. The lowest BCUT2D eigenvalue weighted by Gasteiger charge is -2.44. The number of nitrogens with zero attached hydrogens (tertiary/aromatic N) is 2. The largest absolute Gasteiger partial charge is 0.461 e. The predicted octanol–water partition coefficient (Wildman–Crippen LogP) is 2.04. The molecule has 1 amide bonds. The lowest BCUT2D eigenvalue weighted by Crippen LogP contribution is -2.51. The number of amides is 1. The van der Waals surface area contributed by atoms with Crippen LogP contribution in [-0.4, -0.2) is 29.5 Å². The van der Waals surface area contributed by atoms with Crippen LogP contribution < -0.4 is 10.6 Å². The normalized spacial score (nSPS) is 26.6. The lowest BCUT2D eigenvalue weighted by molar-refractivity contribution is -0.117. The Labute approximate surface area is 136 Å². The second-order valence-corrected chi connectivity index (χ2v) is 6.45. The van der Waals surface area contributed by atoms with E-state index in [0.717, 1.165) is 24.1 Å². The van der Waals surface area contributed by atoms with Crippen molar-refractivity contribution in [2.24, 2.45) is 17.6 Å². The fourth-order valence-corrected chi connectivity index (χ4v) is 3.60. The number of pyridine rings is 1. The van der Waals surface area contributed by atoms with E-state index in [1.54, 1.807) is 26.1 Å². The number of aromatic nitrogens is 1. The van der Waals surface area contributed by atoms with Crippen LogP contribution in [0.25, 0.3) is 0 Å². The molecule has 1 saturated carbocycles. The van der Waals surface area contributed by atoms with Gasteiger partial charge in [0.1, 0.15) is 5.69 Å². The van der Waals surface area contributed by atoms with Crippen LogP contribution >= 0.6 is 0 Å². The highest BCUT2D eigenvalue weighted by Gasteiger charge is 2.46. The zero-order valence-electron chi connectivity index (χ0n) is 13.8. The van der Waals surface area contributed by atoms with E-state index < -0.39 is 5.97 Å². The molecule has 0 unspecified atom stereocenters. The van der Waals surface area contributed by atoms with Gasteiger partial charge in [0.25, 0.3) is 0 Å². The first-order valence-electron chi connectivity index (χ1n) is 8.18. The van der Waals surface area contributed by atoms with Crippen molar-refractivity contribution in [2.45, 2.75) is 45.7 Å². The van der Waals surface area contributed by atoms with Crippen LogP contribution in [0.5, 0.6) is 0 Å². The second kappa shape index (κ2) is 5.92. The molecular weight excluding hydrogens is 294 g/mol. The number of carbonyl (C=O) groups is 2. The Kier molecular flexibility index (Phi) is 4.10. The molecule has 3 rings (SSSR count). The number of hydrogen-bond donors (Lipinski definition) is 1. The Morgan fingerprint density at radius 2 is 2.13 bits per heavy atom. The van der Waals surface area contributed by atoms with Gasteiger partial charge < -0.3 is 15.4 Å². The number of ether oxygens (including phenoxy) is 1. The molecule has 0 aromatic carbocycles. The number of esters is 1. The third-order valence-corrected chi connectivity index (χ3v) is 4.86. The highest BCUT2D eigenvalue weighted by atomic mass is 16.5. The highest BCUT2D eigenvalue weighted by Crippen LogP contribution is 2.48. The molecule has 6 heteroatoms. The topological polar surface area (TPSA) is 85.5 Å². The van der Waals surface area contributed by atoms with Crippen LogP contribution in [0, 0.1) is 11.8 Å². The smallest absolute Gasteiger partial charge is 0.356 e. The van der Waals surface area contributed by atoms with Gasteiger partial charge in [-0.05, 0) is 43.2 Å². The van der Waals surface area contributed by atoms with Crippen LogP contribution in [0.3, 0.4) is 0 Å². The molecule has 1 aliphatic carbocycles. The van der Waals surface area contributed by atoms with Crippen molar-refractivity contribution in [3.8, 4) is 0 Å². The minimum absolute atomic E-state index is 0.00687. The van der Waals surface area contributed by atoms with Crippen LogP contribution in [0.15, 0.2) is 12.3 Å². The van der Waals surface area contributed by atoms with E-state index in [0.29, 0.717) is 12.5 Å². The maximum Gasteiger partial charge on any atom is 0.356 e. The van der Waals surface area contributed by atoms with E-state index in [1.165, 1.54) is 0 Å². The van der Waals surface area contributed by atoms with Gasteiger partial charge in [-0.15, -0.1) is 0 Å². The van der Waals surface area contributed by atoms with Crippen LogP contribution in [-0.2, 0) is 9.53 Å². The monoisotopic (exact) mass is 317 g/mol. The Hall–Kier alpha value is -1.95. The first-order chi connectivity index (χ1) is 11.0. The third kappa shape index (κ3) is 2.72. The first kappa shape index (κ1) is 15.9. The third-order valence-electron chi connectivity index (χ3n) is 4.86. The zero-order valence-corrected chi connectivity index (χ0v) is 13.8. The number of rotatable bonds is 3. The number of fused-ring (bicyclic) bond motifs is 1. The second-order valence-electron chi connectivity index (χ2n) is 6.45. The summed E-state index contributed by atoms with van der Waals surface area (Å²) in [6.45, 7) is 5.70. The summed E-state index contributed by atoms with van der Waals surface area (Å²) >= 11 is 0. The van der Waals surface area contributed by atoms with E-state index in [4.69, 9.17) is 10.5 Å². The summed E-state index contributed by atoms with van der Waals surface area (Å²) in [5.41, 5.74) is 8.19. The minimum atomic E-state index is -0.464. The Balaban J connectivity index is 2.05. The predicted molar refractivity (Wildman–Crippen MR) is 86.0 cm³/mol. The fourth-order valence-electron chi connectivity index (χ4n) is 3.60. The van der Waals surface area contributed by atoms with E-state index in [9.17, 15) is 9.59 Å². The number of anilines is 1. The molecule has 1 aliphatic heterocycles. The van der Waals surface area contributed by atoms with Gasteiger partial charge in [0, 0.05) is 19.0 Å². The number of nitrogens with two attached hydrogens (primary N) is 1. The molecule has 0 spiro atoms. The van der Waals surface area contributed by atoms with Crippen LogP contribution in [0.4, 0.5) is 5.69 Å². The maximum absolute atomic E-state index is 12.2. The van der Waals surface area contributed by atoms with Gasteiger partial charge in [0.2, 0.25) is 5.91 Å². The summed E-state index contributed by atoms with van der Waals surface area (Å²) in [7, 11) is 0. The molecule has 6 nitrogen and oxygen atoms in total. The fraction of sp³-hybridized carbons (Fsp3) is 0.588. The van der Waals surface area contributed by atoms with E-state index >= 15 is 0 Å². The summed E-state index contributed by atoms with van der Waals surface area (Å²) in [4.78, 5) is 30.2. The Morgan fingerprint density at radius 1 is 1.43 bits per heavy atom. The standard InChI is InChI=1S/C17H23N3O3/c1-4-23-17(22)13-7-12-14(8-19-13)20(10(3)21)16(11-5-6-11)9(2)15(12)18/h7-9,11,15-16H,4-6,18H2,1-3H3/t9-,15-,16-/m1/s1. The quantitative estimate of drug-likeness (QED) is 0.862. The maximum atomic E-state index is 12.2. The van der Waals surface area contributed by atoms with Crippen LogP contribution in [0.2, 0.25) is 0 Å². The lowest BCUT2D eigenvalue weighted by atomic mass is 9.81. The average molecular weight is 317 g/mol. The van der Waals surface area contributed by atoms with Crippen molar-refractivity contribution in [2.75, 3.05) is 11.5 Å². The molecule has 0 saturated heterocycles. The van der Waals surface area contributed by atoms with Gasteiger partial charge in [-0.2, -0.15) is 0 Å². The van der Waals surface area contributed by atoms with Gasteiger partial charge in [-0.25, -0.2) is 9.78 Å². The molecular formula is C17H23N3O3. The molecule has 1 fully saturated rings. The average Bonchev–Trinajstić information content (AvgIpc) is 3.34. The highest BCUT2D eigenvalue weighted by molar-refractivity contribution is 5.95. The van der Waals surface area contributed by atoms with Gasteiger partial charge in [0.05, 0.1) is 18.5 Å². The molecule has 0 radical (unpaired) electrons. The summed E-state index contributed by atoms with van der Waals surface area (Å²) < 4.78 is 5.00. The molecule has 2 heterocycles. The van der Waals surface area contributed by atoms with Crippen LogP contribution in [0.1, 0.15) is 55.7 Å². The number of hydrogen-bond acceptors (Lipinski definition) is 5. The summed E-state index contributed by atoms with van der Waals surface area (Å²) in [6, 6.07) is 1.57. The summed E-state index contributed by atoms with van der Waals surface area (Å²) in [5.74, 6) is 0.176. The van der Waals surface area contributed by atoms with E-state index in [-0.39, 0.29) is 29.6 Å². The Bertz CT molecular complexity index is 642. The van der Waals surface area contributed by atoms with Crippen molar-refractivity contribution in [1.82, 2.24) is 4.98 Å². The minimum Gasteiger partial charge on any atom is -0.461 e. The molecule has 1 aromatic rings. The van der Waals surface area contributed by atoms with Crippen molar-refractivity contribution >= 4 is 17.6 Å². The molecule has 1 aromatic heterocycles. The van der Waals surface area contributed by atoms with Crippen molar-refractivity contribution in [3.63, 3.8) is 0 Å². The zero-order chi connectivity index (χ0) is 16.7. The molecule has 124 valence electrons. The van der Waals surface area contributed by atoms with E-state index in [2.05, 4.69) is 11.9 Å². The molecule has 0 bridgehead atoms. The Morgan fingerprint density at radius 3 is 2.70 bits per heavy atom. The van der Waals surface area contributed by atoms with Gasteiger partial charge in [-0.1, -0.05) is 6.92 Å². The molecule has 2 aliphatic rings. The SMILES string of the molecule is CCOC(=O)c1cc2c(cn1)N(C(C)=O)[C@@H](C1CC1)[C@H](C)[C@H]2N. The van der Waals surface area contributed by atoms with E-state index in [1.807, 2.05) is 4.90 Å². The van der Waals surface area contributed by atoms with Gasteiger partial charge >= 0.3 is 5.97 Å². The summed E-state index contributed by atoms with van der Waals surface area (Å²) in [6.07, 6.45) is 3.86. The first-order valence-corrected chi connectivity index (χ1v) is 8.18.